The monoisotopic (exact) mass is 516 g/mol. The molecule has 1 amide bonds. The number of halogens is 4. The van der Waals surface area contributed by atoms with Crippen LogP contribution in [0.2, 0.25) is 20.1 Å². The highest BCUT2D eigenvalue weighted by atomic mass is 35.5. The van der Waals surface area contributed by atoms with Crippen molar-refractivity contribution in [3.63, 3.8) is 0 Å². The Morgan fingerprint density at radius 2 is 1.58 bits per heavy atom. The minimum Gasteiger partial charge on any atom is -0.324 e. The van der Waals surface area contributed by atoms with Gasteiger partial charge in [0.1, 0.15) is 4.90 Å². The summed E-state index contributed by atoms with van der Waals surface area (Å²) in [6.45, 7) is -0.536. The quantitative estimate of drug-likeness (QED) is 0.410. The summed E-state index contributed by atoms with van der Waals surface area (Å²) < 4.78 is 27.8. The number of anilines is 1. The van der Waals surface area contributed by atoms with Crippen LogP contribution in [0, 0.1) is 0 Å². The van der Waals surface area contributed by atoms with E-state index in [1.165, 1.54) is 18.2 Å². The molecule has 31 heavy (non-hydrogen) atoms. The predicted molar refractivity (Wildman–Crippen MR) is 126 cm³/mol. The third kappa shape index (κ3) is 5.92. The zero-order chi connectivity index (χ0) is 22.6. The van der Waals surface area contributed by atoms with Crippen LogP contribution in [0.5, 0.6) is 0 Å². The number of hydrogen-bond donors (Lipinski definition) is 1. The Hall–Kier alpha value is -1.80. The van der Waals surface area contributed by atoms with Crippen molar-refractivity contribution in [1.82, 2.24) is 4.31 Å². The highest BCUT2D eigenvalue weighted by Crippen LogP contribution is 2.31. The standard InChI is InChI=1S/C21H16Cl4N2O3S/c22-15-9-10-16(23)19(11-15)31(29,30)27(12-14-5-2-1-3-6-14)13-20(28)26-18-8-4-7-17(24)21(18)25/h1-11H,12-13H2,(H,26,28). The fraction of sp³-hybridized carbons (Fsp3) is 0.0952. The molecule has 3 aromatic rings. The van der Waals surface area contributed by atoms with Crippen LogP contribution in [0.15, 0.2) is 71.6 Å². The number of nitrogens with zero attached hydrogens (tertiary/aromatic N) is 1. The normalized spacial score (nSPS) is 11.5. The number of benzene rings is 3. The molecule has 0 saturated heterocycles. The van der Waals surface area contributed by atoms with Crippen LogP contribution in [0.1, 0.15) is 5.56 Å². The molecule has 1 N–H and O–H groups in total. The second-order valence-corrected chi connectivity index (χ2v) is 10.0. The van der Waals surface area contributed by atoms with Gasteiger partial charge in [-0.15, -0.1) is 0 Å². The number of sulfonamides is 1. The molecule has 0 unspecified atom stereocenters. The van der Waals surface area contributed by atoms with Gasteiger partial charge in [0.2, 0.25) is 15.9 Å². The van der Waals surface area contributed by atoms with Crippen molar-refractivity contribution in [3.8, 4) is 0 Å². The topological polar surface area (TPSA) is 66.5 Å². The van der Waals surface area contributed by atoms with E-state index in [1.807, 2.05) is 6.07 Å². The maximum Gasteiger partial charge on any atom is 0.245 e. The van der Waals surface area contributed by atoms with Crippen LogP contribution in [-0.4, -0.2) is 25.2 Å². The number of nitrogens with one attached hydrogen (secondary N) is 1. The van der Waals surface area contributed by atoms with Crippen molar-refractivity contribution in [1.29, 1.82) is 0 Å². The van der Waals surface area contributed by atoms with Crippen molar-refractivity contribution in [3.05, 3.63) is 92.4 Å². The summed E-state index contributed by atoms with van der Waals surface area (Å²) in [5.74, 6) is -0.596. The lowest BCUT2D eigenvalue weighted by Gasteiger charge is -2.23. The van der Waals surface area contributed by atoms with E-state index in [-0.39, 0.29) is 37.2 Å². The maximum atomic E-state index is 13.4. The van der Waals surface area contributed by atoms with Crippen molar-refractivity contribution in [2.45, 2.75) is 11.4 Å². The summed E-state index contributed by atoms with van der Waals surface area (Å²) >= 11 is 24.2. The van der Waals surface area contributed by atoms with Crippen LogP contribution in [0.25, 0.3) is 0 Å². The third-order valence-corrected chi connectivity index (χ3v) is 7.59. The second-order valence-electron chi connectivity index (χ2n) is 6.48. The number of hydrogen-bond acceptors (Lipinski definition) is 3. The molecule has 162 valence electrons. The summed E-state index contributed by atoms with van der Waals surface area (Å²) in [5, 5.41) is 3.23. The molecule has 3 aromatic carbocycles. The average Bonchev–Trinajstić information content (AvgIpc) is 2.73. The van der Waals surface area contributed by atoms with E-state index in [4.69, 9.17) is 46.4 Å². The van der Waals surface area contributed by atoms with E-state index in [0.717, 1.165) is 4.31 Å². The molecule has 0 spiro atoms. The summed E-state index contributed by atoms with van der Waals surface area (Å²) in [5.41, 5.74) is 0.967. The van der Waals surface area contributed by atoms with Gasteiger partial charge >= 0.3 is 0 Å². The van der Waals surface area contributed by atoms with E-state index in [1.54, 1.807) is 42.5 Å². The molecule has 0 saturated carbocycles. The maximum absolute atomic E-state index is 13.4. The van der Waals surface area contributed by atoms with E-state index in [9.17, 15) is 13.2 Å². The van der Waals surface area contributed by atoms with Gasteiger partial charge < -0.3 is 5.32 Å². The lowest BCUT2D eigenvalue weighted by molar-refractivity contribution is -0.116. The highest BCUT2D eigenvalue weighted by Gasteiger charge is 2.29. The molecule has 0 fully saturated rings. The molecule has 0 aliphatic heterocycles. The Bertz CT molecular complexity index is 1200. The Labute approximate surface area is 200 Å². The second kappa shape index (κ2) is 10.2. The Morgan fingerprint density at radius 1 is 0.871 bits per heavy atom. The van der Waals surface area contributed by atoms with Gasteiger partial charge in [0.05, 0.1) is 27.3 Å². The predicted octanol–water partition coefficient (Wildman–Crippen LogP) is 6.13. The van der Waals surface area contributed by atoms with E-state index in [0.29, 0.717) is 5.56 Å². The van der Waals surface area contributed by atoms with E-state index in [2.05, 4.69) is 5.32 Å². The molecule has 0 heterocycles. The first-order valence-electron chi connectivity index (χ1n) is 8.91. The smallest absolute Gasteiger partial charge is 0.245 e. The molecule has 3 rings (SSSR count). The fourth-order valence-electron chi connectivity index (χ4n) is 2.78. The number of rotatable bonds is 7. The molecule has 0 atom stereocenters. The Morgan fingerprint density at radius 3 is 2.29 bits per heavy atom. The van der Waals surface area contributed by atoms with Crippen molar-refractivity contribution in [2.24, 2.45) is 0 Å². The molecule has 0 aromatic heterocycles. The number of carbonyl (C=O) groups is 1. The SMILES string of the molecule is O=C(CN(Cc1ccccc1)S(=O)(=O)c1cc(Cl)ccc1Cl)Nc1cccc(Cl)c1Cl. The summed E-state index contributed by atoms with van der Waals surface area (Å²) in [7, 11) is -4.16. The molecule has 0 aliphatic rings. The van der Waals surface area contributed by atoms with Gasteiger partial charge in [0.15, 0.2) is 0 Å². The van der Waals surface area contributed by atoms with Gasteiger partial charge in [-0.05, 0) is 35.9 Å². The van der Waals surface area contributed by atoms with Crippen LogP contribution in [0.3, 0.4) is 0 Å². The molecule has 0 aliphatic carbocycles. The molecule has 0 radical (unpaired) electrons. The molecule has 10 heteroatoms. The van der Waals surface area contributed by atoms with Crippen LogP contribution in [-0.2, 0) is 21.4 Å². The van der Waals surface area contributed by atoms with Gasteiger partial charge in [-0.2, -0.15) is 4.31 Å². The first kappa shape index (κ1) is 23.9. The van der Waals surface area contributed by atoms with Gasteiger partial charge in [0, 0.05) is 11.6 Å². The van der Waals surface area contributed by atoms with Crippen LogP contribution >= 0.6 is 46.4 Å². The number of carbonyl (C=O) groups excluding carboxylic acids is 1. The fourth-order valence-corrected chi connectivity index (χ4v) is 5.25. The van der Waals surface area contributed by atoms with Crippen molar-refractivity contribution in [2.75, 3.05) is 11.9 Å². The molecule has 0 bridgehead atoms. The zero-order valence-corrected chi connectivity index (χ0v) is 19.7. The van der Waals surface area contributed by atoms with Crippen molar-refractivity contribution < 1.29 is 13.2 Å². The largest absolute Gasteiger partial charge is 0.324 e. The lowest BCUT2D eigenvalue weighted by Crippen LogP contribution is -2.37. The van der Waals surface area contributed by atoms with Crippen LogP contribution < -0.4 is 5.32 Å². The molecule has 5 nitrogen and oxygen atoms in total. The molecular formula is C21H16Cl4N2O3S. The molecular weight excluding hydrogens is 502 g/mol. The highest BCUT2D eigenvalue weighted by molar-refractivity contribution is 7.89. The summed E-state index contributed by atoms with van der Waals surface area (Å²) in [6.07, 6.45) is 0. The Balaban J connectivity index is 1.93. The minimum absolute atomic E-state index is 0.000700. The Kier molecular flexibility index (Phi) is 7.86. The number of amides is 1. The summed E-state index contributed by atoms with van der Waals surface area (Å²) in [4.78, 5) is 12.5. The van der Waals surface area contributed by atoms with Gasteiger partial charge in [0.25, 0.3) is 0 Å². The lowest BCUT2D eigenvalue weighted by atomic mass is 10.2. The van der Waals surface area contributed by atoms with Gasteiger partial charge in [-0.1, -0.05) is 82.8 Å². The average molecular weight is 518 g/mol. The van der Waals surface area contributed by atoms with Gasteiger partial charge in [-0.25, -0.2) is 8.42 Å². The van der Waals surface area contributed by atoms with Crippen LogP contribution in [0.4, 0.5) is 5.69 Å². The van der Waals surface area contributed by atoms with Crippen molar-refractivity contribution >= 4 is 68.0 Å². The minimum atomic E-state index is -4.16. The zero-order valence-electron chi connectivity index (χ0n) is 15.9. The third-order valence-electron chi connectivity index (χ3n) is 4.26. The first-order chi connectivity index (χ1) is 14.7. The van der Waals surface area contributed by atoms with Gasteiger partial charge in [-0.3, -0.25) is 4.79 Å². The van der Waals surface area contributed by atoms with E-state index >= 15 is 0 Å². The summed E-state index contributed by atoms with van der Waals surface area (Å²) in [6, 6.07) is 17.8. The van der Waals surface area contributed by atoms with E-state index < -0.39 is 22.5 Å². The first-order valence-corrected chi connectivity index (χ1v) is 11.9.